The molecule has 1 aromatic carbocycles. The van der Waals surface area contributed by atoms with Crippen molar-refractivity contribution >= 4 is 29.2 Å². The molecule has 1 aliphatic rings. The number of urea groups is 1. The molecule has 0 spiro atoms. The Labute approximate surface area is 115 Å². The number of piperazine rings is 1. The molecule has 0 aromatic heterocycles. The van der Waals surface area contributed by atoms with Gasteiger partial charge in [0.1, 0.15) is 6.04 Å². The fourth-order valence-electron chi connectivity index (χ4n) is 1.80. The Bertz CT molecular complexity index is 536. The molecule has 1 fully saturated rings. The van der Waals surface area contributed by atoms with Crippen molar-refractivity contribution in [1.82, 2.24) is 10.6 Å². The van der Waals surface area contributed by atoms with Gasteiger partial charge in [-0.2, -0.15) is 0 Å². The second-order valence-corrected chi connectivity index (χ2v) is 4.30. The molecule has 8 nitrogen and oxygen atoms in total. The zero-order chi connectivity index (χ0) is 14.5. The van der Waals surface area contributed by atoms with E-state index in [1.54, 1.807) is 24.3 Å². The molecule has 0 aliphatic carbocycles. The third-order valence-electron chi connectivity index (χ3n) is 2.73. The van der Waals surface area contributed by atoms with Crippen LogP contribution in [-0.2, 0) is 9.59 Å². The number of hydrogen-bond acceptors (Lipinski definition) is 4. The molecule has 0 saturated carbocycles. The summed E-state index contributed by atoms with van der Waals surface area (Å²) in [5.41, 5.74) is 6.03. The maximum atomic E-state index is 12.0. The molecule has 1 unspecified atom stereocenters. The summed E-state index contributed by atoms with van der Waals surface area (Å²) in [6, 6.07) is 5.44. The Hall–Kier alpha value is -2.61. The van der Waals surface area contributed by atoms with Gasteiger partial charge < -0.3 is 21.7 Å². The lowest BCUT2D eigenvalue weighted by atomic mass is 10.2. The number of rotatable bonds is 3. The first-order valence-corrected chi connectivity index (χ1v) is 6.02. The van der Waals surface area contributed by atoms with Gasteiger partial charge in [-0.05, 0) is 18.2 Å². The Kier molecular flexibility index (Phi) is 4.16. The fraction of sp³-hybridized carbons (Fsp3) is 0.250. The van der Waals surface area contributed by atoms with Gasteiger partial charge in [-0.25, -0.2) is 4.79 Å². The maximum absolute atomic E-state index is 12.0. The Morgan fingerprint density at radius 2 is 1.95 bits per heavy atom. The molecule has 20 heavy (non-hydrogen) atoms. The van der Waals surface area contributed by atoms with Crippen LogP contribution in [0.15, 0.2) is 24.3 Å². The van der Waals surface area contributed by atoms with Crippen LogP contribution in [0, 0.1) is 0 Å². The van der Waals surface area contributed by atoms with E-state index in [4.69, 9.17) is 5.73 Å². The number of nitrogens with one attached hydrogen (secondary N) is 4. The van der Waals surface area contributed by atoms with E-state index in [-0.39, 0.29) is 24.9 Å². The molecular formula is C12H15N5O3. The first-order valence-electron chi connectivity index (χ1n) is 6.02. The number of carbonyl (C=O) groups is 3. The topological polar surface area (TPSA) is 125 Å². The van der Waals surface area contributed by atoms with E-state index in [0.29, 0.717) is 11.4 Å². The van der Waals surface area contributed by atoms with E-state index in [0.717, 1.165) is 0 Å². The van der Waals surface area contributed by atoms with E-state index in [1.807, 2.05) is 0 Å². The quantitative estimate of drug-likeness (QED) is 0.496. The van der Waals surface area contributed by atoms with E-state index in [9.17, 15) is 14.4 Å². The lowest BCUT2D eigenvalue weighted by Crippen LogP contribution is -2.56. The van der Waals surface area contributed by atoms with Crippen LogP contribution in [-0.4, -0.2) is 37.0 Å². The normalized spacial score (nSPS) is 18.0. The molecule has 1 saturated heterocycles. The largest absolute Gasteiger partial charge is 0.353 e. The van der Waals surface area contributed by atoms with Crippen LogP contribution < -0.4 is 27.0 Å². The standard InChI is InChI=1S/C12H15N5O3/c13-12(20)17-8-3-1-2-7(4-8)16-11(19)9-5-15-10(18)6-14-9/h1-4,9,14H,5-6H2,(H,15,18)(H,16,19)(H3,13,17,20). The summed E-state index contributed by atoms with van der Waals surface area (Å²) in [6.07, 6.45) is 0. The van der Waals surface area contributed by atoms with Crippen molar-refractivity contribution in [2.24, 2.45) is 5.73 Å². The SMILES string of the molecule is NC(=O)Nc1cccc(NC(=O)C2CNC(=O)CN2)c1. The summed E-state index contributed by atoms with van der Waals surface area (Å²) < 4.78 is 0. The monoisotopic (exact) mass is 277 g/mol. The summed E-state index contributed by atoms with van der Waals surface area (Å²) in [4.78, 5) is 33.7. The lowest BCUT2D eigenvalue weighted by Gasteiger charge is -2.23. The Balaban J connectivity index is 1.97. The summed E-state index contributed by atoms with van der Waals surface area (Å²) in [5.74, 6) is -0.400. The minimum Gasteiger partial charge on any atom is -0.353 e. The molecule has 0 bridgehead atoms. The highest BCUT2D eigenvalue weighted by atomic mass is 16.2. The second kappa shape index (κ2) is 6.02. The number of benzene rings is 1. The van der Waals surface area contributed by atoms with Crippen molar-refractivity contribution < 1.29 is 14.4 Å². The maximum Gasteiger partial charge on any atom is 0.316 e. The number of hydrogen-bond donors (Lipinski definition) is 5. The summed E-state index contributed by atoms with van der Waals surface area (Å²) >= 11 is 0. The van der Waals surface area contributed by atoms with Crippen molar-refractivity contribution in [1.29, 1.82) is 0 Å². The van der Waals surface area contributed by atoms with Gasteiger partial charge in [0.25, 0.3) is 0 Å². The number of anilines is 2. The van der Waals surface area contributed by atoms with Crippen LogP contribution >= 0.6 is 0 Å². The van der Waals surface area contributed by atoms with E-state index >= 15 is 0 Å². The van der Waals surface area contributed by atoms with Crippen LogP contribution in [0.2, 0.25) is 0 Å². The zero-order valence-electron chi connectivity index (χ0n) is 10.6. The smallest absolute Gasteiger partial charge is 0.316 e. The summed E-state index contributed by atoms with van der Waals surface area (Å²) in [5, 5.41) is 10.5. The number of amides is 4. The van der Waals surface area contributed by atoms with Gasteiger partial charge in [-0.15, -0.1) is 0 Å². The van der Waals surface area contributed by atoms with Crippen LogP contribution in [0.5, 0.6) is 0 Å². The fourth-order valence-corrected chi connectivity index (χ4v) is 1.80. The molecule has 1 aliphatic heterocycles. The molecule has 1 heterocycles. The molecule has 4 amide bonds. The van der Waals surface area contributed by atoms with Crippen LogP contribution in [0.25, 0.3) is 0 Å². The summed E-state index contributed by atoms with van der Waals surface area (Å²) in [7, 11) is 0. The van der Waals surface area contributed by atoms with Crippen LogP contribution in [0.4, 0.5) is 16.2 Å². The van der Waals surface area contributed by atoms with Gasteiger partial charge in [0.15, 0.2) is 0 Å². The van der Waals surface area contributed by atoms with Crippen molar-refractivity contribution in [2.75, 3.05) is 23.7 Å². The lowest BCUT2D eigenvalue weighted by molar-refractivity contribution is -0.124. The van der Waals surface area contributed by atoms with Crippen molar-refractivity contribution in [3.63, 3.8) is 0 Å². The van der Waals surface area contributed by atoms with Crippen molar-refractivity contribution in [2.45, 2.75) is 6.04 Å². The van der Waals surface area contributed by atoms with Crippen molar-refractivity contribution in [3.05, 3.63) is 24.3 Å². The second-order valence-electron chi connectivity index (χ2n) is 4.30. The van der Waals surface area contributed by atoms with Gasteiger partial charge >= 0.3 is 6.03 Å². The van der Waals surface area contributed by atoms with Gasteiger partial charge in [0, 0.05) is 17.9 Å². The van der Waals surface area contributed by atoms with Gasteiger partial charge in [0.2, 0.25) is 11.8 Å². The molecule has 1 aromatic rings. The van der Waals surface area contributed by atoms with Crippen LogP contribution in [0.3, 0.4) is 0 Å². The van der Waals surface area contributed by atoms with Gasteiger partial charge in [-0.1, -0.05) is 6.07 Å². The highest BCUT2D eigenvalue weighted by Gasteiger charge is 2.23. The third kappa shape index (κ3) is 3.69. The molecule has 2 rings (SSSR count). The molecule has 0 radical (unpaired) electrons. The van der Waals surface area contributed by atoms with E-state index in [2.05, 4.69) is 21.3 Å². The van der Waals surface area contributed by atoms with Crippen molar-refractivity contribution in [3.8, 4) is 0 Å². The number of primary amides is 1. The average Bonchev–Trinajstić information content (AvgIpc) is 2.39. The molecule has 8 heteroatoms. The molecule has 6 N–H and O–H groups in total. The predicted molar refractivity (Wildman–Crippen MR) is 73.1 cm³/mol. The molecule has 106 valence electrons. The Morgan fingerprint density at radius 1 is 1.25 bits per heavy atom. The van der Waals surface area contributed by atoms with Gasteiger partial charge in [-0.3, -0.25) is 14.9 Å². The summed E-state index contributed by atoms with van der Waals surface area (Å²) in [6.45, 7) is 0.352. The van der Waals surface area contributed by atoms with E-state index in [1.165, 1.54) is 0 Å². The zero-order valence-corrected chi connectivity index (χ0v) is 10.6. The minimum absolute atomic E-state index is 0.112. The first kappa shape index (κ1) is 13.8. The Morgan fingerprint density at radius 3 is 2.55 bits per heavy atom. The minimum atomic E-state index is -0.676. The molecular weight excluding hydrogens is 262 g/mol. The predicted octanol–water partition coefficient (Wildman–Crippen LogP) is -0.796. The highest BCUT2D eigenvalue weighted by Crippen LogP contribution is 2.15. The average molecular weight is 277 g/mol. The highest BCUT2D eigenvalue weighted by molar-refractivity contribution is 5.97. The number of carbonyl (C=O) groups excluding carboxylic acids is 3. The third-order valence-corrected chi connectivity index (χ3v) is 2.73. The van der Waals surface area contributed by atoms with E-state index < -0.39 is 12.1 Å². The van der Waals surface area contributed by atoms with Gasteiger partial charge in [0.05, 0.1) is 6.54 Å². The first-order chi connectivity index (χ1) is 9.54. The number of nitrogens with two attached hydrogens (primary N) is 1. The van der Waals surface area contributed by atoms with Crippen LogP contribution in [0.1, 0.15) is 0 Å². The molecule has 1 atom stereocenters.